The van der Waals surface area contributed by atoms with Gasteiger partial charge in [0.2, 0.25) is 11.8 Å². The Labute approximate surface area is 201 Å². The number of anilines is 3. The van der Waals surface area contributed by atoms with Gasteiger partial charge in [-0.25, -0.2) is 0 Å². The highest BCUT2D eigenvalue weighted by molar-refractivity contribution is 6.42. The van der Waals surface area contributed by atoms with Crippen LogP contribution in [0, 0.1) is 0 Å². The molecule has 0 aliphatic heterocycles. The minimum Gasteiger partial charge on any atom is -0.403 e. The molecular weight excluding hydrogens is 459 g/mol. The second-order valence-electron chi connectivity index (χ2n) is 7.49. The largest absolute Gasteiger partial charge is 0.403 e. The second-order valence-corrected chi connectivity index (χ2v) is 8.30. The van der Waals surface area contributed by atoms with E-state index in [9.17, 15) is 4.79 Å². The van der Waals surface area contributed by atoms with Gasteiger partial charge in [-0.3, -0.25) is 4.79 Å². The number of hydrogen-bond acceptors (Lipinski definition) is 5. The Morgan fingerprint density at radius 3 is 2.52 bits per heavy atom. The molecule has 0 saturated heterocycles. The number of amides is 1. The summed E-state index contributed by atoms with van der Waals surface area (Å²) in [6.45, 7) is 0. The van der Waals surface area contributed by atoms with E-state index in [0.717, 1.165) is 19.3 Å². The Hall–Kier alpha value is -3.35. The highest BCUT2D eigenvalue weighted by Gasteiger charge is 2.11. The molecular formula is C25H22Cl2N4O2. The summed E-state index contributed by atoms with van der Waals surface area (Å²) in [5, 5.41) is 14.9. The van der Waals surface area contributed by atoms with Gasteiger partial charge in [0.25, 0.3) is 0 Å². The molecule has 8 heteroatoms. The quantitative estimate of drug-likeness (QED) is 0.249. The molecule has 33 heavy (non-hydrogen) atoms. The lowest BCUT2D eigenvalue weighted by molar-refractivity contribution is -0.116. The third-order valence-electron chi connectivity index (χ3n) is 4.95. The van der Waals surface area contributed by atoms with E-state index in [0.29, 0.717) is 39.3 Å². The zero-order valence-corrected chi connectivity index (χ0v) is 19.2. The molecule has 168 valence electrons. The van der Waals surface area contributed by atoms with Crippen molar-refractivity contribution < 1.29 is 9.21 Å². The fourth-order valence-corrected chi connectivity index (χ4v) is 3.60. The van der Waals surface area contributed by atoms with Gasteiger partial charge in [-0.2, -0.15) is 0 Å². The lowest BCUT2D eigenvalue weighted by Crippen LogP contribution is -2.11. The third-order valence-corrected chi connectivity index (χ3v) is 5.69. The monoisotopic (exact) mass is 480 g/mol. The van der Waals surface area contributed by atoms with Crippen LogP contribution in [0.3, 0.4) is 0 Å². The first-order valence-corrected chi connectivity index (χ1v) is 11.3. The van der Waals surface area contributed by atoms with Gasteiger partial charge in [-0.15, -0.1) is 5.10 Å². The van der Waals surface area contributed by atoms with Crippen molar-refractivity contribution in [3.05, 3.63) is 88.4 Å². The van der Waals surface area contributed by atoms with Crippen LogP contribution in [-0.4, -0.2) is 16.1 Å². The van der Waals surface area contributed by atoms with Crippen LogP contribution in [0.2, 0.25) is 10.0 Å². The van der Waals surface area contributed by atoms with E-state index in [1.807, 2.05) is 36.4 Å². The maximum atomic E-state index is 12.3. The number of aromatic nitrogens is 2. The van der Waals surface area contributed by atoms with Crippen molar-refractivity contribution in [1.29, 1.82) is 0 Å². The van der Waals surface area contributed by atoms with Gasteiger partial charge in [0.15, 0.2) is 0 Å². The number of unbranched alkanes of at least 4 members (excludes halogenated alkanes) is 1. The first-order chi connectivity index (χ1) is 16.1. The topological polar surface area (TPSA) is 80.0 Å². The number of carbonyl (C=O) groups is 1. The Kier molecular flexibility index (Phi) is 7.60. The molecule has 4 aromatic rings. The smallest absolute Gasteiger partial charge is 0.320 e. The highest BCUT2D eigenvalue weighted by Crippen LogP contribution is 2.28. The number of halogens is 2. The van der Waals surface area contributed by atoms with E-state index in [4.69, 9.17) is 27.6 Å². The van der Waals surface area contributed by atoms with Crippen LogP contribution in [0.25, 0.3) is 11.5 Å². The van der Waals surface area contributed by atoms with Gasteiger partial charge in [-0.1, -0.05) is 64.7 Å². The van der Waals surface area contributed by atoms with Gasteiger partial charge >= 0.3 is 6.01 Å². The highest BCUT2D eigenvalue weighted by atomic mass is 35.5. The summed E-state index contributed by atoms with van der Waals surface area (Å²) < 4.78 is 5.70. The van der Waals surface area contributed by atoms with E-state index in [-0.39, 0.29) is 11.9 Å². The summed E-state index contributed by atoms with van der Waals surface area (Å²) in [6.07, 6.45) is 3.23. The van der Waals surface area contributed by atoms with Crippen LogP contribution in [0.1, 0.15) is 24.8 Å². The van der Waals surface area contributed by atoms with Crippen LogP contribution in [0.5, 0.6) is 0 Å². The van der Waals surface area contributed by atoms with Crippen molar-refractivity contribution in [3.8, 4) is 11.5 Å². The zero-order valence-electron chi connectivity index (χ0n) is 17.7. The van der Waals surface area contributed by atoms with Crippen molar-refractivity contribution in [3.63, 3.8) is 0 Å². The SMILES string of the molecule is O=C(CCCCc1ccccc1)Nc1cccc(-c2nnc(Nc3ccc(Cl)c(Cl)c3)o2)c1. The molecule has 3 aromatic carbocycles. The van der Waals surface area contributed by atoms with Gasteiger partial charge in [-0.05, 0) is 61.2 Å². The second kappa shape index (κ2) is 11.0. The van der Waals surface area contributed by atoms with Crippen molar-refractivity contribution >= 4 is 46.5 Å². The number of aryl methyl sites for hydroxylation is 1. The molecule has 0 atom stereocenters. The minimum atomic E-state index is -0.0206. The first kappa shape index (κ1) is 22.8. The molecule has 0 fully saturated rings. The van der Waals surface area contributed by atoms with Crippen LogP contribution >= 0.6 is 23.2 Å². The van der Waals surface area contributed by atoms with Crippen molar-refractivity contribution in [2.75, 3.05) is 10.6 Å². The maximum absolute atomic E-state index is 12.3. The Balaban J connectivity index is 1.31. The predicted molar refractivity (Wildman–Crippen MR) is 132 cm³/mol. The van der Waals surface area contributed by atoms with Crippen molar-refractivity contribution in [1.82, 2.24) is 10.2 Å². The average molecular weight is 481 g/mol. The molecule has 0 aliphatic rings. The van der Waals surface area contributed by atoms with Crippen LogP contribution in [0.4, 0.5) is 17.4 Å². The van der Waals surface area contributed by atoms with Crippen LogP contribution < -0.4 is 10.6 Å². The molecule has 0 aliphatic carbocycles. The fraction of sp³-hybridized carbons (Fsp3) is 0.160. The molecule has 1 heterocycles. The van der Waals surface area contributed by atoms with Gasteiger partial charge in [0, 0.05) is 23.4 Å². The molecule has 6 nitrogen and oxygen atoms in total. The Morgan fingerprint density at radius 2 is 1.70 bits per heavy atom. The lowest BCUT2D eigenvalue weighted by Gasteiger charge is -2.06. The summed E-state index contributed by atoms with van der Waals surface area (Å²) in [7, 11) is 0. The number of rotatable bonds is 9. The molecule has 0 radical (unpaired) electrons. The van der Waals surface area contributed by atoms with E-state index in [2.05, 4.69) is 33.0 Å². The summed E-state index contributed by atoms with van der Waals surface area (Å²) in [5.41, 5.74) is 3.34. The molecule has 1 amide bonds. The van der Waals surface area contributed by atoms with Crippen LogP contribution in [0.15, 0.2) is 77.2 Å². The van der Waals surface area contributed by atoms with E-state index < -0.39 is 0 Å². The van der Waals surface area contributed by atoms with Gasteiger partial charge in [0.05, 0.1) is 10.0 Å². The van der Waals surface area contributed by atoms with Gasteiger partial charge in [0.1, 0.15) is 0 Å². The summed E-state index contributed by atoms with van der Waals surface area (Å²) in [5.74, 6) is 0.309. The summed E-state index contributed by atoms with van der Waals surface area (Å²) >= 11 is 12.0. The normalized spacial score (nSPS) is 10.7. The van der Waals surface area contributed by atoms with E-state index in [1.165, 1.54) is 5.56 Å². The number of hydrogen-bond donors (Lipinski definition) is 2. The molecule has 1 aromatic heterocycles. The third kappa shape index (κ3) is 6.57. The molecule has 2 N–H and O–H groups in total. The lowest BCUT2D eigenvalue weighted by atomic mass is 10.1. The summed E-state index contributed by atoms with van der Waals surface area (Å²) in [4.78, 5) is 12.3. The molecule has 0 bridgehead atoms. The number of nitrogens with zero attached hydrogens (tertiary/aromatic N) is 2. The number of nitrogens with one attached hydrogen (secondary N) is 2. The van der Waals surface area contributed by atoms with Crippen LogP contribution in [-0.2, 0) is 11.2 Å². The Morgan fingerprint density at radius 1 is 0.848 bits per heavy atom. The maximum Gasteiger partial charge on any atom is 0.320 e. The molecule has 0 spiro atoms. The number of benzene rings is 3. The fourth-order valence-electron chi connectivity index (χ4n) is 3.30. The minimum absolute atomic E-state index is 0.0206. The molecule has 0 saturated carbocycles. The zero-order chi connectivity index (χ0) is 23.0. The molecule has 0 unspecified atom stereocenters. The van der Waals surface area contributed by atoms with Crippen molar-refractivity contribution in [2.24, 2.45) is 0 Å². The predicted octanol–water partition coefficient (Wildman–Crippen LogP) is 7.14. The standard InChI is InChI=1S/C25H22Cl2N4O2/c26-21-14-13-20(16-22(21)27)29-25-31-30-24(33-25)18-10-6-11-19(15-18)28-23(32)12-5-4-9-17-7-2-1-3-8-17/h1-3,6-8,10-11,13-16H,4-5,9,12H2,(H,28,32)(H,29,31). The molecule has 4 rings (SSSR count). The number of carbonyl (C=O) groups excluding carboxylic acids is 1. The summed E-state index contributed by atoms with van der Waals surface area (Å²) in [6, 6.07) is 22.9. The van der Waals surface area contributed by atoms with E-state index in [1.54, 1.807) is 24.3 Å². The first-order valence-electron chi connectivity index (χ1n) is 10.6. The van der Waals surface area contributed by atoms with E-state index >= 15 is 0 Å². The Bertz CT molecular complexity index is 1230. The van der Waals surface area contributed by atoms with Crippen molar-refractivity contribution in [2.45, 2.75) is 25.7 Å². The van der Waals surface area contributed by atoms with Gasteiger partial charge < -0.3 is 15.1 Å². The average Bonchev–Trinajstić information content (AvgIpc) is 3.29.